The molecule has 0 fully saturated rings. The van der Waals surface area contributed by atoms with E-state index in [2.05, 4.69) is 87.9 Å². The van der Waals surface area contributed by atoms with Crippen molar-refractivity contribution in [2.75, 3.05) is 39.6 Å². The molecule has 0 aliphatic rings. The van der Waals surface area contributed by atoms with Gasteiger partial charge >= 0.3 is 0 Å². The van der Waals surface area contributed by atoms with Gasteiger partial charge in [-0.3, -0.25) is 9.97 Å². The van der Waals surface area contributed by atoms with Crippen molar-refractivity contribution >= 4 is 24.3 Å². The molecule has 4 aromatic rings. The van der Waals surface area contributed by atoms with Gasteiger partial charge in [0.05, 0.1) is 39.6 Å². The molecule has 2 aromatic carbocycles. The molecule has 0 bridgehead atoms. The molecule has 8 nitrogen and oxygen atoms in total. The minimum absolute atomic E-state index is 0. The number of ether oxygens (including phenoxy) is 6. The van der Waals surface area contributed by atoms with Crippen LogP contribution < -0.4 is 53.2 Å². The zero-order chi connectivity index (χ0) is 50.0. The van der Waals surface area contributed by atoms with Crippen LogP contribution in [0.5, 0.6) is 34.5 Å². The fourth-order valence-electron chi connectivity index (χ4n) is 7.74. The summed E-state index contributed by atoms with van der Waals surface area (Å²) in [5, 5.41) is 0. The first-order valence-electron chi connectivity index (χ1n) is 27.9. The number of halogens is 2. The monoisotopic (exact) mass is 1140 g/mol. The van der Waals surface area contributed by atoms with Crippen LogP contribution >= 0.6 is 0 Å². The maximum atomic E-state index is 6.40. The summed E-state index contributed by atoms with van der Waals surface area (Å²) >= 11 is 0. The van der Waals surface area contributed by atoms with Crippen LogP contribution in [0.1, 0.15) is 218 Å². The Bertz CT molecular complexity index is 1800. The van der Waals surface area contributed by atoms with Crippen LogP contribution in [0.15, 0.2) is 73.3 Å². The molecular weight excluding hydrogens is 1050 g/mol. The second-order valence-corrected chi connectivity index (χ2v) is 18.3. The normalized spacial score (nSPS) is 10.7. The molecule has 0 radical (unpaired) electrons. The standard InChI is InChI=1S/2C31H47NO3.2ClH.Pd/c2*1-4-7-10-13-24-33-29-19-18-28(17-16-27-20-22-32-23-21-27)30(34-25-14-11-8-5-2)31(29)35-26-15-12-9-6-3;;;/h2*16-23H,4-15,24-26H2,1-3H3;2*1H;/p-2/b2*17-16+;;;. The third-order valence-corrected chi connectivity index (χ3v) is 12.0. The van der Waals surface area contributed by atoms with E-state index in [1.807, 2.05) is 61.2 Å². The largest absolute Gasteiger partial charge is 1.00 e. The number of rotatable bonds is 40. The van der Waals surface area contributed by atoms with Crippen molar-refractivity contribution in [1.82, 2.24) is 9.97 Å². The summed E-state index contributed by atoms with van der Waals surface area (Å²) in [5.41, 5.74) is 4.23. The van der Waals surface area contributed by atoms with Crippen LogP contribution in [0, 0.1) is 0 Å². The summed E-state index contributed by atoms with van der Waals surface area (Å²) in [7, 11) is 0. The number of aromatic nitrogens is 2. The van der Waals surface area contributed by atoms with E-state index >= 15 is 0 Å². The van der Waals surface area contributed by atoms with E-state index in [9.17, 15) is 0 Å². The zero-order valence-electron chi connectivity index (χ0n) is 45.9. The van der Waals surface area contributed by atoms with Gasteiger partial charge in [0, 0.05) is 56.3 Å². The molecule has 0 saturated heterocycles. The first-order chi connectivity index (χ1) is 34.6. The Hall–Kier alpha value is -3.74. The Kier molecular flexibility index (Phi) is 45.5. The van der Waals surface area contributed by atoms with Crippen LogP contribution in [0.3, 0.4) is 0 Å². The fourth-order valence-corrected chi connectivity index (χ4v) is 7.74. The maximum absolute atomic E-state index is 6.40. The van der Waals surface area contributed by atoms with Gasteiger partial charge in [0.15, 0.2) is 23.0 Å². The van der Waals surface area contributed by atoms with Crippen LogP contribution in [0.2, 0.25) is 0 Å². The molecule has 0 atom stereocenters. The van der Waals surface area contributed by atoms with Gasteiger partial charge in [-0.25, -0.2) is 0 Å². The molecule has 0 saturated carbocycles. The smallest absolute Gasteiger partial charge is 0.204 e. The summed E-state index contributed by atoms with van der Waals surface area (Å²) in [4.78, 5) is 8.23. The van der Waals surface area contributed by atoms with E-state index < -0.39 is 0 Å². The molecule has 11 heteroatoms. The van der Waals surface area contributed by atoms with Crippen molar-refractivity contribution in [1.29, 1.82) is 0 Å². The Morgan fingerprint density at radius 1 is 0.301 bits per heavy atom. The van der Waals surface area contributed by atoms with Crippen molar-refractivity contribution in [2.45, 2.75) is 196 Å². The van der Waals surface area contributed by atoms with E-state index in [1.165, 1.54) is 116 Å². The number of unbranched alkanes of at least 4 members (excludes halogenated alkanes) is 18. The molecule has 0 aliphatic heterocycles. The first-order valence-corrected chi connectivity index (χ1v) is 27.9. The molecule has 4 rings (SSSR count). The molecule has 2 aromatic heterocycles. The number of pyridine rings is 2. The third kappa shape index (κ3) is 31.0. The molecule has 414 valence electrons. The third-order valence-electron chi connectivity index (χ3n) is 12.0. The van der Waals surface area contributed by atoms with Crippen LogP contribution in [0.4, 0.5) is 0 Å². The Morgan fingerprint density at radius 2 is 0.562 bits per heavy atom. The Labute approximate surface area is 470 Å². The van der Waals surface area contributed by atoms with Crippen molar-refractivity contribution in [2.24, 2.45) is 0 Å². The average molecular weight is 1140 g/mol. The summed E-state index contributed by atoms with van der Waals surface area (Å²) in [5.74, 6) is 4.69. The van der Waals surface area contributed by atoms with Crippen molar-refractivity contribution < 1.29 is 73.7 Å². The van der Waals surface area contributed by atoms with Gasteiger partial charge in [-0.2, -0.15) is 0 Å². The second kappa shape index (κ2) is 47.9. The van der Waals surface area contributed by atoms with Crippen LogP contribution in [-0.4, -0.2) is 49.6 Å². The Morgan fingerprint density at radius 3 is 0.836 bits per heavy atom. The van der Waals surface area contributed by atoms with Crippen LogP contribution in [0.25, 0.3) is 24.3 Å². The molecule has 0 unspecified atom stereocenters. The predicted octanol–water partition coefficient (Wildman–Crippen LogP) is 12.3. The predicted molar refractivity (Wildman–Crippen MR) is 297 cm³/mol. The summed E-state index contributed by atoms with van der Waals surface area (Å²) < 4.78 is 38.0. The van der Waals surface area contributed by atoms with Crippen molar-refractivity contribution in [3.63, 3.8) is 0 Å². The van der Waals surface area contributed by atoms with Gasteiger partial charge in [-0.15, -0.1) is 0 Å². The van der Waals surface area contributed by atoms with E-state index in [-0.39, 0.29) is 45.2 Å². The number of hydrogen-bond donors (Lipinski definition) is 0. The average Bonchev–Trinajstić information content (AvgIpc) is 3.39. The van der Waals surface area contributed by atoms with Gasteiger partial charge in [-0.1, -0.05) is 181 Å². The maximum Gasteiger partial charge on any atom is 0.204 e. The number of nitrogens with zero attached hydrogens (tertiary/aromatic N) is 2. The molecule has 0 N–H and O–H groups in total. The second-order valence-electron chi connectivity index (χ2n) is 18.3. The van der Waals surface area contributed by atoms with Crippen molar-refractivity contribution in [3.8, 4) is 34.5 Å². The van der Waals surface area contributed by atoms with Gasteiger partial charge in [-0.05, 0) is 98.2 Å². The minimum atomic E-state index is 0. The summed E-state index contributed by atoms with van der Waals surface area (Å²) in [6.45, 7) is 17.5. The van der Waals surface area contributed by atoms with Crippen molar-refractivity contribution in [3.05, 3.63) is 95.6 Å². The van der Waals surface area contributed by atoms with Crippen LogP contribution in [-0.2, 0) is 20.4 Å². The fraction of sp³-hybridized carbons (Fsp3) is 0.581. The molecular formula is C62H94Cl2N2O6Pd-2. The van der Waals surface area contributed by atoms with E-state index in [0.717, 1.165) is 95.3 Å². The van der Waals surface area contributed by atoms with Gasteiger partial charge in [0.1, 0.15) is 0 Å². The van der Waals surface area contributed by atoms with Gasteiger partial charge < -0.3 is 53.2 Å². The first kappa shape index (κ1) is 69.3. The minimum Gasteiger partial charge on any atom is -1.00 e. The topological polar surface area (TPSA) is 81.2 Å². The van der Waals surface area contributed by atoms with E-state index in [0.29, 0.717) is 39.6 Å². The Balaban J connectivity index is 0.00000136. The molecule has 0 amide bonds. The van der Waals surface area contributed by atoms with Gasteiger partial charge in [0.2, 0.25) is 11.5 Å². The molecule has 73 heavy (non-hydrogen) atoms. The SMILES string of the molecule is CCCCCCOc1ccc(/C=C/c2ccncc2)c(OCCCCCC)c1OCCCCCC.CCCCCCOc1ccc(/C=C/c2ccncc2)c(OCCCCCC)c1OCCCCCC.[Cl-].[Cl-].[Pd]. The zero-order valence-corrected chi connectivity index (χ0v) is 48.9. The summed E-state index contributed by atoms with van der Waals surface area (Å²) in [6, 6.07) is 16.3. The van der Waals surface area contributed by atoms with E-state index in [4.69, 9.17) is 28.4 Å². The van der Waals surface area contributed by atoms with Gasteiger partial charge in [0.25, 0.3) is 0 Å². The number of benzene rings is 2. The summed E-state index contributed by atoms with van der Waals surface area (Å²) in [6.07, 6.45) is 43.8. The quantitative estimate of drug-likeness (QED) is 0.0322. The molecule has 2 heterocycles. The van der Waals surface area contributed by atoms with E-state index in [1.54, 1.807) is 0 Å². The number of hydrogen-bond acceptors (Lipinski definition) is 8. The molecule has 0 aliphatic carbocycles. The molecule has 0 spiro atoms.